The molecule has 0 aliphatic carbocycles. The number of aromatic nitrogens is 2. The summed E-state index contributed by atoms with van der Waals surface area (Å²) in [6.07, 6.45) is -3.99. The molecule has 0 spiro atoms. The molecule has 0 bridgehead atoms. The van der Waals surface area contributed by atoms with Gasteiger partial charge in [0.2, 0.25) is 15.8 Å². The highest BCUT2D eigenvalue weighted by Crippen LogP contribution is 2.41. The highest BCUT2D eigenvalue weighted by molar-refractivity contribution is 7.90. The first-order valence-electron chi connectivity index (χ1n) is 13.3. The largest absolute Gasteiger partial charge is 0.478 e. The number of benzene rings is 3. The second kappa shape index (κ2) is 12.2. The molecular weight excluding hydrogens is 676 g/mol. The highest BCUT2D eigenvalue weighted by atomic mass is 35.5. The van der Waals surface area contributed by atoms with Crippen molar-refractivity contribution in [2.75, 3.05) is 37.3 Å². The molecular formula is C29H23ClF4N4O6S2. The van der Waals surface area contributed by atoms with Crippen LogP contribution in [-0.2, 0) is 26.0 Å². The Labute approximate surface area is 265 Å². The first kappa shape index (κ1) is 33.2. The molecule has 1 fully saturated rings. The number of carboxylic acid groups (broad SMARTS) is 1. The van der Waals surface area contributed by atoms with Crippen LogP contribution < -0.4 is 4.90 Å². The van der Waals surface area contributed by atoms with Crippen molar-refractivity contribution in [2.45, 2.75) is 16.0 Å². The van der Waals surface area contributed by atoms with E-state index in [1.54, 1.807) is 30.3 Å². The summed E-state index contributed by atoms with van der Waals surface area (Å²) in [7, 11) is -8.19. The molecule has 5 rings (SSSR count). The number of aromatic carboxylic acids is 1. The number of alkyl halides is 3. The number of sulfonamides is 1. The summed E-state index contributed by atoms with van der Waals surface area (Å²) in [5, 5.41) is 8.84. The SMILES string of the molecule is CS(=O)(=O)c1ccc(-c2nc(C(F)(F)F)nc(N3CCN(S(=O)(=O)c4cc(C(=O)O)c(Cl)cc4F)CC3)c2-c2ccccc2)cc1. The summed E-state index contributed by atoms with van der Waals surface area (Å²) in [6.45, 7) is -0.989. The fourth-order valence-corrected chi connectivity index (χ4v) is 7.27. The van der Waals surface area contributed by atoms with Crippen molar-refractivity contribution in [3.8, 4) is 22.4 Å². The van der Waals surface area contributed by atoms with E-state index in [0.717, 1.165) is 10.6 Å². The molecule has 0 saturated carbocycles. The van der Waals surface area contributed by atoms with E-state index in [1.165, 1.54) is 29.2 Å². The maximum absolute atomic E-state index is 14.7. The predicted octanol–water partition coefficient (Wildman–Crippen LogP) is 5.23. The van der Waals surface area contributed by atoms with Gasteiger partial charge in [-0.15, -0.1) is 0 Å². The first-order valence-corrected chi connectivity index (χ1v) is 17.0. The zero-order valence-corrected chi connectivity index (χ0v) is 26.1. The number of rotatable bonds is 7. The lowest BCUT2D eigenvalue weighted by atomic mass is 9.98. The zero-order valence-electron chi connectivity index (χ0n) is 23.7. The van der Waals surface area contributed by atoms with Crippen molar-refractivity contribution < 1.29 is 44.3 Å². The van der Waals surface area contributed by atoms with Crippen LogP contribution in [0.3, 0.4) is 0 Å². The van der Waals surface area contributed by atoms with Gasteiger partial charge in [-0.05, 0) is 29.8 Å². The molecule has 1 aromatic heterocycles. The van der Waals surface area contributed by atoms with Gasteiger partial charge in [-0.2, -0.15) is 17.5 Å². The minimum absolute atomic E-state index is 0.0484. The Hall–Kier alpha value is -4.12. The number of halogens is 5. The van der Waals surface area contributed by atoms with Crippen LogP contribution in [0.5, 0.6) is 0 Å². The molecule has 4 aromatic rings. The third kappa shape index (κ3) is 6.56. The number of carbonyl (C=O) groups is 1. The normalized spacial score (nSPS) is 14.8. The van der Waals surface area contributed by atoms with E-state index in [0.29, 0.717) is 17.7 Å². The summed E-state index contributed by atoms with van der Waals surface area (Å²) in [4.78, 5) is 19.7. The molecule has 0 atom stereocenters. The van der Waals surface area contributed by atoms with E-state index in [-0.39, 0.29) is 53.7 Å². The van der Waals surface area contributed by atoms with Gasteiger partial charge < -0.3 is 10.0 Å². The van der Waals surface area contributed by atoms with Gasteiger partial charge in [0.1, 0.15) is 16.5 Å². The van der Waals surface area contributed by atoms with Gasteiger partial charge in [-0.25, -0.2) is 36.0 Å². The van der Waals surface area contributed by atoms with E-state index < -0.39 is 59.1 Å². The van der Waals surface area contributed by atoms with E-state index in [9.17, 15) is 44.3 Å². The van der Waals surface area contributed by atoms with Crippen LogP contribution in [-0.4, -0.2) is 74.6 Å². The Kier molecular flexibility index (Phi) is 8.85. The second-order valence-electron chi connectivity index (χ2n) is 10.2. The van der Waals surface area contributed by atoms with Gasteiger partial charge in [-0.1, -0.05) is 54.1 Å². The lowest BCUT2D eigenvalue weighted by molar-refractivity contribution is -0.144. The summed E-state index contributed by atoms with van der Waals surface area (Å²) in [5.74, 6) is -4.45. The maximum atomic E-state index is 14.7. The molecule has 2 heterocycles. The Bertz CT molecular complexity index is 2040. The molecule has 10 nitrogen and oxygen atoms in total. The van der Waals surface area contributed by atoms with Crippen LogP contribution in [0.1, 0.15) is 16.2 Å². The average Bonchev–Trinajstić information content (AvgIpc) is 3.00. The van der Waals surface area contributed by atoms with E-state index in [1.807, 2.05) is 0 Å². The molecule has 3 aromatic carbocycles. The smallest absolute Gasteiger partial charge is 0.451 e. The summed E-state index contributed by atoms with van der Waals surface area (Å²) in [6, 6.07) is 14.7. The Balaban J connectivity index is 1.59. The number of hydrogen-bond donors (Lipinski definition) is 1. The van der Waals surface area contributed by atoms with Crippen LogP contribution in [0.25, 0.3) is 22.4 Å². The number of hydrogen-bond acceptors (Lipinski definition) is 8. The number of carboxylic acids is 1. The molecule has 46 heavy (non-hydrogen) atoms. The summed E-state index contributed by atoms with van der Waals surface area (Å²) >= 11 is 5.76. The average molecular weight is 699 g/mol. The molecule has 17 heteroatoms. The van der Waals surface area contributed by atoms with Gasteiger partial charge in [0.25, 0.3) is 0 Å². The van der Waals surface area contributed by atoms with Gasteiger partial charge in [0.15, 0.2) is 9.84 Å². The molecule has 1 aliphatic rings. The Morgan fingerprint density at radius 3 is 2.04 bits per heavy atom. The number of nitrogens with zero attached hydrogens (tertiary/aromatic N) is 4. The topological polar surface area (TPSA) is 138 Å². The first-order chi connectivity index (χ1) is 21.5. The number of anilines is 1. The molecule has 1 aliphatic heterocycles. The van der Waals surface area contributed by atoms with Gasteiger partial charge in [0, 0.05) is 38.0 Å². The van der Waals surface area contributed by atoms with Gasteiger partial charge >= 0.3 is 12.1 Å². The second-order valence-corrected chi connectivity index (χ2v) is 14.5. The lowest BCUT2D eigenvalue weighted by Crippen LogP contribution is -2.49. The van der Waals surface area contributed by atoms with Crippen molar-refractivity contribution in [3.63, 3.8) is 0 Å². The fourth-order valence-electron chi connectivity index (χ4n) is 4.91. The molecule has 0 radical (unpaired) electrons. The molecule has 1 saturated heterocycles. The van der Waals surface area contributed by atoms with Crippen molar-refractivity contribution in [1.29, 1.82) is 0 Å². The summed E-state index contributed by atoms with van der Waals surface area (Å²) in [5.41, 5.74) is 0.0439. The Morgan fingerprint density at radius 2 is 1.50 bits per heavy atom. The predicted molar refractivity (Wildman–Crippen MR) is 160 cm³/mol. The van der Waals surface area contributed by atoms with Gasteiger partial charge in [-0.3, -0.25) is 0 Å². The number of piperazine rings is 1. The standard InChI is InChI=1S/C29H23ClF4N4O6S2/c1-45(41,42)19-9-7-18(8-10-19)25-24(17-5-3-2-4-6-17)26(36-28(35-25)29(32,33)34)37-11-13-38(14-12-37)46(43,44)23-15-20(27(39)40)21(30)16-22(23)31/h2-10,15-16H,11-14H2,1H3,(H,39,40). The monoisotopic (exact) mass is 698 g/mol. The van der Waals surface area contributed by atoms with Crippen molar-refractivity contribution in [1.82, 2.24) is 14.3 Å². The van der Waals surface area contributed by atoms with Crippen molar-refractivity contribution in [2.24, 2.45) is 0 Å². The van der Waals surface area contributed by atoms with E-state index >= 15 is 0 Å². The number of sulfone groups is 1. The maximum Gasteiger partial charge on any atom is 0.451 e. The molecule has 0 amide bonds. The van der Waals surface area contributed by atoms with Crippen LogP contribution >= 0.6 is 11.6 Å². The lowest BCUT2D eigenvalue weighted by Gasteiger charge is -2.36. The third-order valence-electron chi connectivity index (χ3n) is 7.17. The van der Waals surface area contributed by atoms with Crippen LogP contribution in [0.4, 0.5) is 23.4 Å². The zero-order chi connectivity index (χ0) is 33.6. The minimum atomic E-state index is -4.98. The van der Waals surface area contributed by atoms with E-state index in [4.69, 9.17) is 11.6 Å². The minimum Gasteiger partial charge on any atom is -0.478 e. The summed E-state index contributed by atoms with van der Waals surface area (Å²) < 4.78 is 109. The molecule has 1 N–H and O–H groups in total. The van der Waals surface area contributed by atoms with Crippen LogP contribution in [0.2, 0.25) is 5.02 Å². The molecule has 242 valence electrons. The Morgan fingerprint density at radius 1 is 0.891 bits per heavy atom. The quantitative estimate of drug-likeness (QED) is 0.257. The van der Waals surface area contributed by atoms with Crippen LogP contribution in [0, 0.1) is 5.82 Å². The van der Waals surface area contributed by atoms with Gasteiger partial charge in [0.05, 0.1) is 26.7 Å². The van der Waals surface area contributed by atoms with Crippen molar-refractivity contribution in [3.05, 3.63) is 89.0 Å². The van der Waals surface area contributed by atoms with Crippen molar-refractivity contribution >= 4 is 43.2 Å². The highest BCUT2D eigenvalue weighted by Gasteiger charge is 2.39. The third-order valence-corrected chi connectivity index (χ3v) is 10.5. The van der Waals surface area contributed by atoms with E-state index in [2.05, 4.69) is 9.97 Å². The fraction of sp³-hybridized carbons (Fsp3) is 0.207. The molecule has 0 unspecified atom stereocenters. The van der Waals surface area contributed by atoms with Crippen LogP contribution in [0.15, 0.2) is 76.5 Å².